The molecule has 0 radical (unpaired) electrons. The Balaban J connectivity index is 2.40. The van der Waals surface area contributed by atoms with Gasteiger partial charge in [0.2, 0.25) is 0 Å². The van der Waals surface area contributed by atoms with Crippen LogP contribution < -0.4 is 0 Å². The molecule has 1 aromatic carbocycles. The van der Waals surface area contributed by atoms with Crippen LogP contribution >= 0.6 is 27.3 Å². The minimum absolute atomic E-state index is 0.328. The lowest BCUT2D eigenvalue weighted by molar-refractivity contribution is 0.0606. The van der Waals surface area contributed by atoms with E-state index in [2.05, 4.69) is 25.7 Å². The van der Waals surface area contributed by atoms with Crippen LogP contribution in [0.25, 0.3) is 10.6 Å². The summed E-state index contributed by atoms with van der Waals surface area (Å²) in [5, 5.41) is 0.636. The second-order valence-electron chi connectivity index (χ2n) is 3.15. The van der Waals surface area contributed by atoms with Gasteiger partial charge >= 0.3 is 5.97 Å². The molecule has 0 atom stereocenters. The van der Waals surface area contributed by atoms with Gasteiger partial charge in [0, 0.05) is 10.0 Å². The molecular formula is C11H7BrFNO2S. The lowest BCUT2D eigenvalue weighted by Gasteiger charge is -1.99. The van der Waals surface area contributed by atoms with E-state index in [1.807, 2.05) is 0 Å². The highest BCUT2D eigenvalue weighted by Gasteiger charge is 2.13. The highest BCUT2D eigenvalue weighted by molar-refractivity contribution is 9.10. The Bertz CT molecular complexity index is 570. The highest BCUT2D eigenvalue weighted by atomic mass is 79.9. The summed E-state index contributed by atoms with van der Waals surface area (Å²) in [6, 6.07) is 4.31. The molecule has 0 saturated heterocycles. The largest absolute Gasteiger partial charge is 0.465 e. The van der Waals surface area contributed by atoms with Crippen molar-refractivity contribution in [3.8, 4) is 10.6 Å². The first kappa shape index (κ1) is 12.2. The Labute approximate surface area is 109 Å². The van der Waals surface area contributed by atoms with E-state index in [0.717, 1.165) is 5.56 Å². The van der Waals surface area contributed by atoms with Gasteiger partial charge in [0.25, 0.3) is 0 Å². The van der Waals surface area contributed by atoms with Crippen molar-refractivity contribution in [2.45, 2.75) is 0 Å². The summed E-state index contributed by atoms with van der Waals surface area (Å²) in [5.41, 5.74) is 0.742. The molecule has 0 unspecified atom stereocenters. The summed E-state index contributed by atoms with van der Waals surface area (Å²) < 4.78 is 18.1. The predicted octanol–water partition coefficient (Wildman–Crippen LogP) is 3.50. The van der Waals surface area contributed by atoms with Crippen molar-refractivity contribution in [1.82, 2.24) is 4.98 Å². The van der Waals surface area contributed by atoms with E-state index in [-0.39, 0.29) is 5.82 Å². The minimum Gasteiger partial charge on any atom is -0.465 e. The van der Waals surface area contributed by atoms with Crippen molar-refractivity contribution in [2.24, 2.45) is 0 Å². The molecule has 0 N–H and O–H groups in total. The monoisotopic (exact) mass is 315 g/mol. The molecule has 88 valence electrons. The molecule has 1 heterocycles. The van der Waals surface area contributed by atoms with Crippen molar-refractivity contribution in [3.63, 3.8) is 0 Å². The molecule has 6 heteroatoms. The van der Waals surface area contributed by atoms with Gasteiger partial charge in [0.05, 0.1) is 13.3 Å². The molecular weight excluding hydrogens is 309 g/mol. The minimum atomic E-state index is -0.424. The van der Waals surface area contributed by atoms with Gasteiger partial charge in [-0.05, 0) is 34.1 Å². The summed E-state index contributed by atoms with van der Waals surface area (Å²) in [5.74, 6) is -0.752. The predicted molar refractivity (Wildman–Crippen MR) is 66.5 cm³/mol. The molecule has 0 aliphatic heterocycles. The Hall–Kier alpha value is -1.27. The van der Waals surface area contributed by atoms with Crippen molar-refractivity contribution >= 4 is 33.2 Å². The fraction of sp³-hybridized carbons (Fsp3) is 0.0909. The Morgan fingerprint density at radius 2 is 2.29 bits per heavy atom. The lowest BCUT2D eigenvalue weighted by Crippen LogP contribution is -1.96. The highest BCUT2D eigenvalue weighted by Crippen LogP contribution is 2.32. The van der Waals surface area contributed by atoms with E-state index >= 15 is 0 Å². The second-order valence-corrected chi connectivity index (χ2v) is 5.03. The molecule has 0 fully saturated rings. The smallest absolute Gasteiger partial charge is 0.349 e. The Morgan fingerprint density at radius 3 is 2.94 bits per heavy atom. The average Bonchev–Trinajstić information content (AvgIpc) is 2.77. The van der Waals surface area contributed by atoms with Crippen LogP contribution in [-0.2, 0) is 4.74 Å². The number of nitrogens with zero attached hydrogens (tertiary/aromatic N) is 1. The SMILES string of the molecule is COC(=O)c1cnc(-c2ccc(F)cc2Br)s1. The zero-order valence-corrected chi connectivity index (χ0v) is 11.1. The zero-order chi connectivity index (χ0) is 12.4. The summed E-state index contributed by atoms with van der Waals surface area (Å²) in [7, 11) is 1.32. The number of rotatable bonds is 2. The molecule has 17 heavy (non-hydrogen) atoms. The third kappa shape index (κ3) is 2.53. The number of thiazole rings is 1. The van der Waals surface area contributed by atoms with Gasteiger partial charge in [-0.3, -0.25) is 0 Å². The molecule has 0 saturated carbocycles. The third-order valence-electron chi connectivity index (χ3n) is 2.05. The maximum Gasteiger partial charge on any atom is 0.349 e. The summed E-state index contributed by atoms with van der Waals surface area (Å²) >= 11 is 4.46. The van der Waals surface area contributed by atoms with Gasteiger partial charge < -0.3 is 4.74 Å². The summed E-state index contributed by atoms with van der Waals surface area (Å²) in [6.45, 7) is 0. The van der Waals surface area contributed by atoms with Crippen molar-refractivity contribution < 1.29 is 13.9 Å². The molecule has 2 rings (SSSR count). The van der Waals surface area contributed by atoms with Crippen LogP contribution in [0.5, 0.6) is 0 Å². The lowest BCUT2D eigenvalue weighted by atomic mass is 10.2. The van der Waals surface area contributed by atoms with Crippen LogP contribution in [0.15, 0.2) is 28.9 Å². The summed E-state index contributed by atoms with van der Waals surface area (Å²) in [6.07, 6.45) is 1.45. The fourth-order valence-corrected chi connectivity index (χ4v) is 2.80. The number of ether oxygens (including phenoxy) is 1. The third-order valence-corrected chi connectivity index (χ3v) is 3.72. The number of hydrogen-bond donors (Lipinski definition) is 0. The van der Waals surface area contributed by atoms with Gasteiger partial charge in [-0.2, -0.15) is 0 Å². The molecule has 3 nitrogen and oxygen atoms in total. The van der Waals surface area contributed by atoms with Crippen molar-refractivity contribution in [1.29, 1.82) is 0 Å². The topological polar surface area (TPSA) is 39.2 Å². The number of esters is 1. The van der Waals surface area contributed by atoms with E-state index in [0.29, 0.717) is 14.4 Å². The van der Waals surface area contributed by atoms with E-state index < -0.39 is 5.97 Å². The van der Waals surface area contributed by atoms with Crippen LogP contribution in [0.2, 0.25) is 0 Å². The van der Waals surface area contributed by atoms with E-state index in [1.54, 1.807) is 6.07 Å². The first-order valence-corrected chi connectivity index (χ1v) is 6.22. The van der Waals surface area contributed by atoms with E-state index in [1.165, 1.54) is 36.8 Å². The average molecular weight is 316 g/mol. The van der Waals surface area contributed by atoms with Crippen LogP contribution in [0.1, 0.15) is 9.67 Å². The van der Waals surface area contributed by atoms with Crippen LogP contribution in [0, 0.1) is 5.82 Å². The molecule has 0 bridgehead atoms. The van der Waals surface area contributed by atoms with Gasteiger partial charge in [-0.25, -0.2) is 14.2 Å². The van der Waals surface area contributed by atoms with E-state index in [4.69, 9.17) is 0 Å². The number of halogens is 2. The molecule has 2 aromatic rings. The van der Waals surface area contributed by atoms with Crippen LogP contribution in [0.3, 0.4) is 0 Å². The Kier molecular flexibility index (Phi) is 3.54. The Morgan fingerprint density at radius 1 is 1.53 bits per heavy atom. The number of carbonyl (C=O) groups excluding carboxylic acids is 1. The molecule has 0 spiro atoms. The second kappa shape index (κ2) is 4.93. The molecule has 0 aliphatic rings. The van der Waals surface area contributed by atoms with Gasteiger partial charge in [0.15, 0.2) is 0 Å². The number of benzene rings is 1. The number of hydrogen-bond acceptors (Lipinski definition) is 4. The first-order chi connectivity index (χ1) is 8.11. The first-order valence-electron chi connectivity index (χ1n) is 4.61. The summed E-state index contributed by atoms with van der Waals surface area (Å²) in [4.78, 5) is 15.8. The normalized spacial score (nSPS) is 10.3. The zero-order valence-electron chi connectivity index (χ0n) is 8.74. The quantitative estimate of drug-likeness (QED) is 0.796. The van der Waals surface area contributed by atoms with Crippen LogP contribution in [0.4, 0.5) is 4.39 Å². The molecule has 0 amide bonds. The standard InChI is InChI=1S/C11H7BrFNO2S/c1-16-11(15)9-5-14-10(17-9)7-3-2-6(13)4-8(7)12/h2-5H,1H3. The number of methoxy groups -OCH3 is 1. The number of aromatic nitrogens is 1. The van der Waals surface area contributed by atoms with Gasteiger partial charge in [0.1, 0.15) is 15.7 Å². The van der Waals surface area contributed by atoms with Crippen LogP contribution in [-0.4, -0.2) is 18.1 Å². The van der Waals surface area contributed by atoms with Gasteiger partial charge in [-0.15, -0.1) is 11.3 Å². The molecule has 1 aromatic heterocycles. The maximum absolute atomic E-state index is 12.9. The van der Waals surface area contributed by atoms with E-state index in [9.17, 15) is 9.18 Å². The fourth-order valence-electron chi connectivity index (χ4n) is 1.26. The van der Waals surface area contributed by atoms with Crippen molar-refractivity contribution in [2.75, 3.05) is 7.11 Å². The number of carbonyl (C=O) groups is 1. The van der Waals surface area contributed by atoms with Gasteiger partial charge in [-0.1, -0.05) is 0 Å². The van der Waals surface area contributed by atoms with Crippen molar-refractivity contribution in [3.05, 3.63) is 39.6 Å². The molecule has 0 aliphatic carbocycles. The maximum atomic E-state index is 12.9.